The Morgan fingerprint density at radius 1 is 1.14 bits per heavy atom. The van der Waals surface area contributed by atoms with Gasteiger partial charge < -0.3 is 10.1 Å². The third kappa shape index (κ3) is 4.23. The molecule has 1 amide bonds. The zero-order valence-electron chi connectivity index (χ0n) is 12.1. The van der Waals surface area contributed by atoms with Crippen LogP contribution < -0.4 is 10.1 Å². The lowest BCUT2D eigenvalue weighted by Crippen LogP contribution is -2.26. The molecule has 1 N–H and O–H groups in total. The third-order valence-corrected chi connectivity index (χ3v) is 3.68. The molecular weight excluding hydrogens is 286 g/mol. The Morgan fingerprint density at radius 3 is 2.33 bits per heavy atom. The van der Waals surface area contributed by atoms with Gasteiger partial charge >= 0.3 is 0 Å². The van der Waals surface area contributed by atoms with Gasteiger partial charge in [-0.3, -0.25) is 4.79 Å². The Kier molecular flexibility index (Phi) is 5.23. The normalized spacial score (nSPS) is 11.8. The highest BCUT2D eigenvalue weighted by Crippen LogP contribution is 2.23. The number of aryl methyl sites for hydroxylation is 1. The number of ether oxygens (including phenoxy) is 1. The summed E-state index contributed by atoms with van der Waals surface area (Å²) in [6, 6.07) is 15.2. The lowest BCUT2D eigenvalue weighted by molar-refractivity contribution is -0.121. The quantitative estimate of drug-likeness (QED) is 0.857. The number of hydrogen-bond acceptors (Lipinski definition) is 2. The Balaban J connectivity index is 1.93. The van der Waals surface area contributed by atoms with Crippen LogP contribution in [0.4, 0.5) is 0 Å². The van der Waals surface area contributed by atoms with Crippen molar-refractivity contribution >= 4 is 17.5 Å². The van der Waals surface area contributed by atoms with Crippen molar-refractivity contribution < 1.29 is 9.53 Å². The van der Waals surface area contributed by atoms with E-state index in [0.29, 0.717) is 6.54 Å². The fourth-order valence-electron chi connectivity index (χ4n) is 1.91. The molecule has 0 saturated carbocycles. The van der Waals surface area contributed by atoms with Crippen LogP contribution >= 0.6 is 11.6 Å². The fourth-order valence-corrected chi connectivity index (χ4v) is 2.13. The number of carbonyl (C=O) groups is 1. The number of halogens is 1. The van der Waals surface area contributed by atoms with E-state index >= 15 is 0 Å². The Bertz CT molecular complexity index is 593. The molecule has 1 unspecified atom stereocenters. The molecule has 0 aromatic heterocycles. The fraction of sp³-hybridized carbons (Fsp3) is 0.235. The Hall–Kier alpha value is -2.00. The summed E-state index contributed by atoms with van der Waals surface area (Å²) in [7, 11) is 1.60. The summed E-state index contributed by atoms with van der Waals surface area (Å²) in [4.78, 5) is 12.1. The van der Waals surface area contributed by atoms with Gasteiger partial charge in [-0.1, -0.05) is 42.0 Å². The minimum atomic E-state index is -0.707. The summed E-state index contributed by atoms with van der Waals surface area (Å²) in [5.41, 5.74) is 2.99. The van der Waals surface area contributed by atoms with E-state index in [2.05, 4.69) is 5.32 Å². The molecule has 1 atom stereocenters. The van der Waals surface area contributed by atoms with Gasteiger partial charge in [0.25, 0.3) is 0 Å². The standard InChI is InChI=1S/C17H18ClNO2/c1-12-3-5-13(6-4-12)11-19-17(20)16(18)14-7-9-15(21-2)10-8-14/h3-10,16H,11H2,1-2H3,(H,19,20). The van der Waals surface area contributed by atoms with E-state index in [1.807, 2.05) is 31.2 Å². The van der Waals surface area contributed by atoms with E-state index in [4.69, 9.17) is 16.3 Å². The van der Waals surface area contributed by atoms with E-state index < -0.39 is 5.38 Å². The van der Waals surface area contributed by atoms with Crippen molar-refractivity contribution in [2.24, 2.45) is 0 Å². The highest BCUT2D eigenvalue weighted by atomic mass is 35.5. The van der Waals surface area contributed by atoms with Gasteiger partial charge in [0.1, 0.15) is 11.1 Å². The molecule has 0 radical (unpaired) electrons. The van der Waals surface area contributed by atoms with Gasteiger partial charge in [0.05, 0.1) is 7.11 Å². The van der Waals surface area contributed by atoms with Crippen molar-refractivity contribution in [2.75, 3.05) is 7.11 Å². The van der Waals surface area contributed by atoms with Crippen LogP contribution in [0.15, 0.2) is 48.5 Å². The summed E-state index contributed by atoms with van der Waals surface area (Å²) in [5.74, 6) is 0.532. The first-order chi connectivity index (χ1) is 10.1. The monoisotopic (exact) mass is 303 g/mol. The smallest absolute Gasteiger partial charge is 0.242 e. The molecule has 21 heavy (non-hydrogen) atoms. The van der Waals surface area contributed by atoms with Crippen LogP contribution in [-0.2, 0) is 11.3 Å². The second-order valence-electron chi connectivity index (χ2n) is 4.84. The van der Waals surface area contributed by atoms with Crippen molar-refractivity contribution in [1.82, 2.24) is 5.32 Å². The summed E-state index contributed by atoms with van der Waals surface area (Å²) in [5, 5.41) is 2.14. The molecular formula is C17H18ClNO2. The number of carbonyl (C=O) groups excluding carboxylic acids is 1. The molecule has 0 heterocycles. The first-order valence-electron chi connectivity index (χ1n) is 6.71. The second-order valence-corrected chi connectivity index (χ2v) is 5.28. The van der Waals surface area contributed by atoms with E-state index in [1.54, 1.807) is 31.4 Å². The SMILES string of the molecule is COc1ccc(C(Cl)C(=O)NCc2ccc(C)cc2)cc1. The molecule has 2 rings (SSSR count). The number of hydrogen-bond donors (Lipinski definition) is 1. The average Bonchev–Trinajstić information content (AvgIpc) is 2.53. The number of benzene rings is 2. The molecule has 0 spiro atoms. The maximum atomic E-state index is 12.1. The molecule has 0 fully saturated rings. The maximum absolute atomic E-state index is 12.1. The summed E-state index contributed by atoms with van der Waals surface area (Å²) in [6.07, 6.45) is 0. The van der Waals surface area contributed by atoms with Crippen LogP contribution in [0.5, 0.6) is 5.75 Å². The van der Waals surface area contributed by atoms with Gasteiger partial charge in [-0.15, -0.1) is 11.6 Å². The summed E-state index contributed by atoms with van der Waals surface area (Å²) < 4.78 is 5.08. The van der Waals surface area contributed by atoms with Crippen LogP contribution in [-0.4, -0.2) is 13.0 Å². The van der Waals surface area contributed by atoms with Gasteiger partial charge in [-0.05, 0) is 30.2 Å². The number of amides is 1. The largest absolute Gasteiger partial charge is 0.497 e. The molecule has 4 heteroatoms. The molecule has 110 valence electrons. The Labute approximate surface area is 129 Å². The molecule has 0 aliphatic carbocycles. The van der Waals surface area contributed by atoms with Crippen molar-refractivity contribution in [3.05, 3.63) is 65.2 Å². The minimum absolute atomic E-state index is 0.206. The van der Waals surface area contributed by atoms with Crippen LogP contribution in [0.1, 0.15) is 22.1 Å². The van der Waals surface area contributed by atoms with Crippen molar-refractivity contribution in [3.63, 3.8) is 0 Å². The van der Waals surface area contributed by atoms with E-state index in [0.717, 1.165) is 16.9 Å². The van der Waals surface area contributed by atoms with Gasteiger partial charge in [0, 0.05) is 6.54 Å². The zero-order chi connectivity index (χ0) is 15.2. The van der Waals surface area contributed by atoms with Crippen LogP contribution in [0.3, 0.4) is 0 Å². The van der Waals surface area contributed by atoms with Gasteiger partial charge in [0.15, 0.2) is 0 Å². The van der Waals surface area contributed by atoms with Gasteiger partial charge in [0.2, 0.25) is 5.91 Å². The van der Waals surface area contributed by atoms with E-state index in [-0.39, 0.29) is 5.91 Å². The molecule has 3 nitrogen and oxygen atoms in total. The second kappa shape index (κ2) is 7.14. The predicted octanol–water partition coefficient (Wildman–Crippen LogP) is 3.60. The molecule has 0 bridgehead atoms. The highest BCUT2D eigenvalue weighted by molar-refractivity contribution is 6.30. The number of nitrogens with one attached hydrogen (secondary N) is 1. The molecule has 2 aromatic rings. The van der Waals surface area contributed by atoms with Crippen molar-refractivity contribution in [1.29, 1.82) is 0 Å². The highest BCUT2D eigenvalue weighted by Gasteiger charge is 2.17. The van der Waals surface area contributed by atoms with Crippen LogP contribution in [0.2, 0.25) is 0 Å². The van der Waals surface area contributed by atoms with Crippen molar-refractivity contribution in [2.45, 2.75) is 18.8 Å². The number of rotatable bonds is 5. The maximum Gasteiger partial charge on any atom is 0.242 e. The summed E-state index contributed by atoms with van der Waals surface area (Å²) >= 11 is 6.19. The number of alkyl halides is 1. The van der Waals surface area contributed by atoms with Gasteiger partial charge in [-0.2, -0.15) is 0 Å². The van der Waals surface area contributed by atoms with Gasteiger partial charge in [-0.25, -0.2) is 0 Å². The molecule has 0 saturated heterocycles. The predicted molar refractivity (Wildman–Crippen MR) is 84.6 cm³/mol. The average molecular weight is 304 g/mol. The minimum Gasteiger partial charge on any atom is -0.497 e. The summed E-state index contributed by atoms with van der Waals surface area (Å²) in [6.45, 7) is 2.50. The lowest BCUT2D eigenvalue weighted by Gasteiger charge is -2.11. The van der Waals surface area contributed by atoms with E-state index in [1.165, 1.54) is 5.56 Å². The van der Waals surface area contributed by atoms with Crippen LogP contribution in [0.25, 0.3) is 0 Å². The van der Waals surface area contributed by atoms with Crippen LogP contribution in [0, 0.1) is 6.92 Å². The van der Waals surface area contributed by atoms with Crippen molar-refractivity contribution in [3.8, 4) is 5.75 Å². The number of methoxy groups -OCH3 is 1. The van der Waals surface area contributed by atoms with E-state index in [9.17, 15) is 4.79 Å². The third-order valence-electron chi connectivity index (χ3n) is 3.23. The molecule has 0 aliphatic rings. The topological polar surface area (TPSA) is 38.3 Å². The Morgan fingerprint density at radius 2 is 1.76 bits per heavy atom. The molecule has 2 aromatic carbocycles. The zero-order valence-corrected chi connectivity index (χ0v) is 12.9. The molecule has 0 aliphatic heterocycles. The first kappa shape index (κ1) is 15.4. The lowest BCUT2D eigenvalue weighted by atomic mass is 10.1. The first-order valence-corrected chi connectivity index (χ1v) is 7.15.